The number of anilines is 1. The van der Waals surface area contributed by atoms with E-state index in [1.54, 1.807) is 0 Å². The van der Waals surface area contributed by atoms with Crippen LogP contribution in [0.3, 0.4) is 0 Å². The topological polar surface area (TPSA) is 24.9 Å². The molecule has 0 aliphatic carbocycles. The number of rotatable bonds is 3. The molecule has 0 aliphatic rings. The van der Waals surface area contributed by atoms with Gasteiger partial charge >= 0.3 is 6.18 Å². The van der Waals surface area contributed by atoms with E-state index in [4.69, 9.17) is 0 Å². The van der Waals surface area contributed by atoms with Gasteiger partial charge in [-0.15, -0.1) is 0 Å². The zero-order valence-electron chi connectivity index (χ0n) is 7.35. The molecular weight excluding hydrogens is 219 g/mol. The number of pyridine rings is 1. The van der Waals surface area contributed by atoms with Gasteiger partial charge in [0, 0.05) is 6.20 Å². The lowest BCUT2D eigenvalue weighted by Crippen LogP contribution is -2.16. The van der Waals surface area contributed by atoms with Crippen LogP contribution >= 0.6 is 0 Å². The van der Waals surface area contributed by atoms with Crippen molar-refractivity contribution in [2.45, 2.75) is 12.6 Å². The van der Waals surface area contributed by atoms with E-state index >= 15 is 0 Å². The van der Waals surface area contributed by atoms with E-state index < -0.39 is 30.5 Å². The molecule has 15 heavy (non-hydrogen) atoms. The van der Waals surface area contributed by atoms with E-state index in [1.807, 2.05) is 5.32 Å². The minimum absolute atomic E-state index is 0.578. The number of hydrogen-bond donors (Lipinski definition) is 1. The first-order chi connectivity index (χ1) is 6.91. The highest BCUT2D eigenvalue weighted by atomic mass is 19.4. The summed E-state index contributed by atoms with van der Waals surface area (Å²) in [6, 6.07) is 1.87. The number of hydrogen-bond acceptors (Lipinski definition) is 2. The van der Waals surface area contributed by atoms with E-state index in [2.05, 4.69) is 4.98 Å². The third-order valence-corrected chi connectivity index (χ3v) is 1.54. The van der Waals surface area contributed by atoms with Gasteiger partial charge in [-0.25, -0.2) is 13.8 Å². The number of alkyl halides is 5. The van der Waals surface area contributed by atoms with Crippen molar-refractivity contribution in [3.05, 3.63) is 23.9 Å². The van der Waals surface area contributed by atoms with Crippen LogP contribution < -0.4 is 5.32 Å². The SMILES string of the molecule is FC(F)CNc1ncccc1C(F)(F)F. The maximum atomic E-state index is 12.3. The highest BCUT2D eigenvalue weighted by molar-refractivity contribution is 5.45. The number of halogens is 5. The summed E-state index contributed by atoms with van der Waals surface area (Å²) in [5.41, 5.74) is -1.05. The Morgan fingerprint density at radius 2 is 2.00 bits per heavy atom. The molecule has 0 atom stereocenters. The highest BCUT2D eigenvalue weighted by Crippen LogP contribution is 2.33. The van der Waals surface area contributed by atoms with Crippen LogP contribution in [-0.4, -0.2) is 18.0 Å². The minimum atomic E-state index is -4.60. The Bertz CT molecular complexity index is 323. The third kappa shape index (κ3) is 3.34. The molecule has 1 heterocycles. The molecule has 0 aromatic carbocycles. The van der Waals surface area contributed by atoms with Crippen LogP contribution in [0, 0.1) is 0 Å². The van der Waals surface area contributed by atoms with Gasteiger partial charge in [0.25, 0.3) is 6.43 Å². The molecule has 84 valence electrons. The smallest absolute Gasteiger partial charge is 0.364 e. The van der Waals surface area contributed by atoms with Crippen molar-refractivity contribution in [2.75, 3.05) is 11.9 Å². The van der Waals surface area contributed by atoms with E-state index in [0.717, 1.165) is 18.3 Å². The van der Waals surface area contributed by atoms with E-state index in [9.17, 15) is 22.0 Å². The maximum Gasteiger partial charge on any atom is 0.419 e. The highest BCUT2D eigenvalue weighted by Gasteiger charge is 2.34. The van der Waals surface area contributed by atoms with Gasteiger partial charge in [-0.05, 0) is 12.1 Å². The van der Waals surface area contributed by atoms with Gasteiger partial charge < -0.3 is 5.32 Å². The first kappa shape index (κ1) is 11.7. The summed E-state index contributed by atoms with van der Waals surface area (Å²) in [6.07, 6.45) is -6.23. The van der Waals surface area contributed by atoms with Crippen molar-refractivity contribution in [3.8, 4) is 0 Å². The van der Waals surface area contributed by atoms with Crippen LogP contribution in [-0.2, 0) is 6.18 Å². The normalized spacial score (nSPS) is 11.9. The number of nitrogens with one attached hydrogen (secondary N) is 1. The van der Waals surface area contributed by atoms with Gasteiger partial charge in [0.05, 0.1) is 12.1 Å². The van der Waals surface area contributed by atoms with Crippen molar-refractivity contribution >= 4 is 5.82 Å². The molecule has 0 radical (unpaired) electrons. The Morgan fingerprint density at radius 1 is 1.33 bits per heavy atom. The Balaban J connectivity index is 2.87. The maximum absolute atomic E-state index is 12.3. The summed E-state index contributed by atoms with van der Waals surface area (Å²) in [5, 5.41) is 1.94. The second-order valence-electron chi connectivity index (χ2n) is 2.67. The fourth-order valence-corrected chi connectivity index (χ4v) is 0.949. The van der Waals surface area contributed by atoms with Crippen LogP contribution in [0.2, 0.25) is 0 Å². The lowest BCUT2D eigenvalue weighted by molar-refractivity contribution is -0.137. The fraction of sp³-hybridized carbons (Fsp3) is 0.375. The average Bonchev–Trinajstić information content (AvgIpc) is 2.13. The van der Waals surface area contributed by atoms with E-state index in [-0.39, 0.29) is 0 Å². The third-order valence-electron chi connectivity index (χ3n) is 1.54. The fourth-order valence-electron chi connectivity index (χ4n) is 0.949. The summed E-state index contributed by atoms with van der Waals surface area (Å²) in [7, 11) is 0. The molecule has 1 N–H and O–H groups in total. The van der Waals surface area contributed by atoms with Gasteiger partial charge in [-0.2, -0.15) is 13.2 Å². The molecule has 0 spiro atoms. The van der Waals surface area contributed by atoms with Crippen molar-refractivity contribution in [2.24, 2.45) is 0 Å². The Hall–Kier alpha value is -1.40. The zero-order chi connectivity index (χ0) is 11.5. The van der Waals surface area contributed by atoms with Crippen molar-refractivity contribution < 1.29 is 22.0 Å². The van der Waals surface area contributed by atoms with Gasteiger partial charge in [0.15, 0.2) is 0 Å². The molecule has 2 nitrogen and oxygen atoms in total. The average molecular weight is 226 g/mol. The monoisotopic (exact) mass is 226 g/mol. The first-order valence-electron chi connectivity index (χ1n) is 3.95. The molecule has 0 saturated carbocycles. The molecule has 0 unspecified atom stereocenters. The predicted octanol–water partition coefficient (Wildman–Crippen LogP) is 2.78. The summed E-state index contributed by atoms with van der Waals surface area (Å²) in [6.45, 7) is -0.861. The van der Waals surface area contributed by atoms with Crippen LogP contribution in [0.1, 0.15) is 5.56 Å². The minimum Gasteiger partial charge on any atom is -0.364 e. The van der Waals surface area contributed by atoms with Gasteiger partial charge in [-0.1, -0.05) is 0 Å². The lowest BCUT2D eigenvalue weighted by atomic mass is 10.2. The van der Waals surface area contributed by atoms with Crippen LogP contribution in [0.15, 0.2) is 18.3 Å². The zero-order valence-corrected chi connectivity index (χ0v) is 7.35. The van der Waals surface area contributed by atoms with Gasteiger partial charge in [-0.3, -0.25) is 0 Å². The predicted molar refractivity (Wildman–Crippen MR) is 43.7 cm³/mol. The van der Waals surface area contributed by atoms with Crippen LogP contribution in [0.25, 0.3) is 0 Å². The van der Waals surface area contributed by atoms with Crippen molar-refractivity contribution in [3.63, 3.8) is 0 Å². The number of nitrogens with zero attached hydrogens (tertiary/aromatic N) is 1. The van der Waals surface area contributed by atoms with Gasteiger partial charge in [0.2, 0.25) is 0 Å². The second-order valence-corrected chi connectivity index (χ2v) is 2.67. The van der Waals surface area contributed by atoms with Crippen molar-refractivity contribution in [1.82, 2.24) is 4.98 Å². The molecule has 1 aromatic heterocycles. The standard InChI is InChI=1S/C8H7F5N2/c9-6(10)4-15-7-5(8(11,12)13)2-1-3-14-7/h1-3,6H,4H2,(H,14,15). The Kier molecular flexibility index (Phi) is 3.43. The summed E-state index contributed by atoms with van der Waals surface area (Å²) in [5.74, 6) is -0.578. The largest absolute Gasteiger partial charge is 0.419 e. The lowest BCUT2D eigenvalue weighted by Gasteiger charge is -2.12. The molecule has 1 rings (SSSR count). The summed E-state index contributed by atoms with van der Waals surface area (Å²) >= 11 is 0. The molecule has 7 heteroatoms. The summed E-state index contributed by atoms with van der Waals surface area (Å²) < 4.78 is 60.5. The van der Waals surface area contributed by atoms with Crippen LogP contribution in [0.5, 0.6) is 0 Å². The first-order valence-corrected chi connectivity index (χ1v) is 3.95. The van der Waals surface area contributed by atoms with Crippen LogP contribution in [0.4, 0.5) is 27.8 Å². The molecule has 0 saturated heterocycles. The van der Waals surface area contributed by atoms with E-state index in [0.29, 0.717) is 0 Å². The second kappa shape index (κ2) is 4.41. The number of aromatic nitrogens is 1. The Morgan fingerprint density at radius 3 is 2.53 bits per heavy atom. The Labute approximate surface area is 82.1 Å². The quantitative estimate of drug-likeness (QED) is 0.801. The van der Waals surface area contributed by atoms with Gasteiger partial charge in [0.1, 0.15) is 5.82 Å². The molecular formula is C8H7F5N2. The molecule has 1 aromatic rings. The molecule has 0 fully saturated rings. The van der Waals surface area contributed by atoms with E-state index in [1.165, 1.54) is 0 Å². The van der Waals surface area contributed by atoms with Crippen molar-refractivity contribution in [1.29, 1.82) is 0 Å². The molecule has 0 aliphatic heterocycles. The molecule has 0 amide bonds. The molecule has 0 bridgehead atoms. The summed E-state index contributed by atoms with van der Waals surface area (Å²) in [4.78, 5) is 3.35.